The monoisotopic (exact) mass is 265 g/mol. The number of hydrazine groups is 1. The predicted molar refractivity (Wildman–Crippen MR) is 69.7 cm³/mol. The maximum absolute atomic E-state index is 13.4. The van der Waals surface area contributed by atoms with E-state index < -0.39 is 6.04 Å². The molecule has 5 N–H and O–H groups in total. The van der Waals surface area contributed by atoms with E-state index in [0.29, 0.717) is 22.7 Å². The normalized spacial score (nSPS) is 12.4. The lowest BCUT2D eigenvalue weighted by atomic mass is 10.0. The molecule has 0 aliphatic rings. The molecule has 0 radical (unpaired) electrons. The number of methoxy groups -OCH3 is 1. The van der Waals surface area contributed by atoms with Crippen LogP contribution < -0.4 is 21.7 Å². The maximum atomic E-state index is 13.4. The number of nitrogen functional groups attached to an aromatic ring is 1. The van der Waals surface area contributed by atoms with E-state index in [-0.39, 0.29) is 5.82 Å². The number of hydrogen-bond donors (Lipinski definition) is 3. The molecule has 2 aromatic rings. The Labute approximate surface area is 110 Å². The molecule has 0 bridgehead atoms. The number of aromatic nitrogens is 2. The van der Waals surface area contributed by atoms with Gasteiger partial charge in [0.05, 0.1) is 19.3 Å². The second-order valence-electron chi connectivity index (χ2n) is 4.09. The van der Waals surface area contributed by atoms with Gasteiger partial charge in [0.25, 0.3) is 0 Å². The Morgan fingerprint density at radius 2 is 2.21 bits per heavy atom. The van der Waals surface area contributed by atoms with Gasteiger partial charge in [-0.2, -0.15) is 5.10 Å². The minimum Gasteiger partial charge on any atom is -0.493 e. The molecule has 0 aliphatic carbocycles. The minimum atomic E-state index is -0.516. The Morgan fingerprint density at radius 1 is 1.47 bits per heavy atom. The maximum Gasteiger partial charge on any atom is 0.161 e. The van der Waals surface area contributed by atoms with Gasteiger partial charge in [0.2, 0.25) is 0 Å². The van der Waals surface area contributed by atoms with Crippen LogP contribution in [-0.2, 0) is 7.05 Å². The van der Waals surface area contributed by atoms with Crippen molar-refractivity contribution < 1.29 is 9.13 Å². The summed E-state index contributed by atoms with van der Waals surface area (Å²) in [5, 5.41) is 4.10. The summed E-state index contributed by atoms with van der Waals surface area (Å²) in [4.78, 5) is 0. The SMILES string of the molecule is COc1cnn(C)c1C(NN)c1cc(F)ccc1N. The second-order valence-corrected chi connectivity index (χ2v) is 4.09. The first-order chi connectivity index (χ1) is 9.08. The van der Waals surface area contributed by atoms with Crippen LogP contribution in [0.2, 0.25) is 0 Å². The van der Waals surface area contributed by atoms with Gasteiger partial charge in [-0.25, -0.2) is 9.82 Å². The molecule has 1 unspecified atom stereocenters. The lowest BCUT2D eigenvalue weighted by molar-refractivity contribution is 0.401. The number of benzene rings is 1. The molecule has 0 saturated heterocycles. The Kier molecular flexibility index (Phi) is 3.68. The molecule has 0 saturated carbocycles. The summed E-state index contributed by atoms with van der Waals surface area (Å²) >= 11 is 0. The molecular weight excluding hydrogens is 249 g/mol. The van der Waals surface area contributed by atoms with Crippen molar-refractivity contribution in [1.82, 2.24) is 15.2 Å². The summed E-state index contributed by atoms with van der Waals surface area (Å²) in [6.45, 7) is 0. The van der Waals surface area contributed by atoms with Gasteiger partial charge in [-0.1, -0.05) is 0 Å². The van der Waals surface area contributed by atoms with Crippen LogP contribution in [0, 0.1) is 5.82 Å². The highest BCUT2D eigenvalue weighted by Crippen LogP contribution is 2.32. The highest BCUT2D eigenvalue weighted by Gasteiger charge is 2.23. The summed E-state index contributed by atoms with van der Waals surface area (Å²) in [7, 11) is 3.28. The lowest BCUT2D eigenvalue weighted by Gasteiger charge is -2.19. The molecule has 0 amide bonds. The molecule has 1 atom stereocenters. The van der Waals surface area contributed by atoms with E-state index in [1.807, 2.05) is 0 Å². The van der Waals surface area contributed by atoms with Gasteiger partial charge in [0, 0.05) is 18.3 Å². The number of halogens is 1. The van der Waals surface area contributed by atoms with Gasteiger partial charge in [-0.3, -0.25) is 10.5 Å². The highest BCUT2D eigenvalue weighted by molar-refractivity contribution is 5.52. The van der Waals surface area contributed by atoms with Crippen LogP contribution >= 0.6 is 0 Å². The van der Waals surface area contributed by atoms with E-state index in [1.54, 1.807) is 17.9 Å². The van der Waals surface area contributed by atoms with Crippen molar-refractivity contribution in [3.05, 3.63) is 41.5 Å². The van der Waals surface area contributed by atoms with Crippen molar-refractivity contribution in [2.45, 2.75) is 6.04 Å². The number of aryl methyl sites for hydroxylation is 1. The van der Waals surface area contributed by atoms with Gasteiger partial charge in [-0.15, -0.1) is 0 Å². The van der Waals surface area contributed by atoms with Crippen molar-refractivity contribution in [3.63, 3.8) is 0 Å². The first-order valence-electron chi connectivity index (χ1n) is 5.65. The van der Waals surface area contributed by atoms with E-state index in [4.69, 9.17) is 16.3 Å². The highest BCUT2D eigenvalue weighted by atomic mass is 19.1. The Morgan fingerprint density at radius 3 is 2.84 bits per heavy atom. The van der Waals surface area contributed by atoms with Crippen molar-refractivity contribution in [2.75, 3.05) is 12.8 Å². The summed E-state index contributed by atoms with van der Waals surface area (Å²) in [5.41, 5.74) is 10.1. The first-order valence-corrected chi connectivity index (χ1v) is 5.65. The third-order valence-electron chi connectivity index (χ3n) is 2.97. The second kappa shape index (κ2) is 5.25. The van der Waals surface area contributed by atoms with Crippen molar-refractivity contribution in [3.8, 4) is 5.75 Å². The Balaban J connectivity index is 2.56. The fraction of sp³-hybridized carbons (Fsp3) is 0.250. The van der Waals surface area contributed by atoms with Crippen molar-refractivity contribution in [1.29, 1.82) is 0 Å². The molecule has 1 aromatic carbocycles. The zero-order chi connectivity index (χ0) is 14.0. The van der Waals surface area contributed by atoms with Crippen LogP contribution in [0.15, 0.2) is 24.4 Å². The predicted octanol–water partition coefficient (Wildman–Crippen LogP) is 0.703. The van der Waals surface area contributed by atoms with Gasteiger partial charge in [0.1, 0.15) is 11.5 Å². The first kappa shape index (κ1) is 13.3. The van der Waals surface area contributed by atoms with Crippen LogP contribution in [0.5, 0.6) is 5.75 Å². The summed E-state index contributed by atoms with van der Waals surface area (Å²) < 4.78 is 20.2. The quantitative estimate of drug-likeness (QED) is 0.430. The van der Waals surface area contributed by atoms with E-state index in [2.05, 4.69) is 10.5 Å². The number of nitrogens with zero attached hydrogens (tertiary/aromatic N) is 2. The average Bonchev–Trinajstić information content (AvgIpc) is 2.76. The third kappa shape index (κ3) is 2.38. The summed E-state index contributed by atoms with van der Waals surface area (Å²) in [6.07, 6.45) is 1.56. The smallest absolute Gasteiger partial charge is 0.161 e. The van der Waals surface area contributed by atoms with Crippen LogP contribution in [0.1, 0.15) is 17.3 Å². The van der Waals surface area contributed by atoms with E-state index in [1.165, 1.54) is 25.3 Å². The molecule has 19 heavy (non-hydrogen) atoms. The summed E-state index contributed by atoms with van der Waals surface area (Å²) in [5.74, 6) is 5.75. The van der Waals surface area contributed by atoms with Gasteiger partial charge in [-0.05, 0) is 18.2 Å². The molecule has 1 aromatic heterocycles. The van der Waals surface area contributed by atoms with Crippen molar-refractivity contribution in [2.24, 2.45) is 12.9 Å². The Hall–Kier alpha value is -2.12. The molecule has 6 nitrogen and oxygen atoms in total. The van der Waals surface area contributed by atoms with Crippen LogP contribution in [0.3, 0.4) is 0 Å². The molecule has 0 fully saturated rings. The molecule has 7 heteroatoms. The number of anilines is 1. The molecule has 2 rings (SSSR count). The molecule has 0 aliphatic heterocycles. The fourth-order valence-corrected chi connectivity index (χ4v) is 2.02. The lowest BCUT2D eigenvalue weighted by Crippen LogP contribution is -2.31. The minimum absolute atomic E-state index is 0.384. The summed E-state index contributed by atoms with van der Waals surface area (Å²) in [6, 6.07) is 3.62. The molecule has 102 valence electrons. The van der Waals surface area contributed by atoms with E-state index in [0.717, 1.165) is 0 Å². The van der Waals surface area contributed by atoms with Gasteiger partial charge >= 0.3 is 0 Å². The van der Waals surface area contributed by atoms with Crippen LogP contribution in [0.4, 0.5) is 10.1 Å². The zero-order valence-corrected chi connectivity index (χ0v) is 10.7. The van der Waals surface area contributed by atoms with Crippen LogP contribution in [0.25, 0.3) is 0 Å². The number of nitrogens with one attached hydrogen (secondary N) is 1. The number of ether oxygens (including phenoxy) is 1. The average molecular weight is 265 g/mol. The Bertz CT molecular complexity index is 583. The topological polar surface area (TPSA) is 91.1 Å². The van der Waals surface area contributed by atoms with Crippen molar-refractivity contribution >= 4 is 5.69 Å². The molecule has 1 heterocycles. The zero-order valence-electron chi connectivity index (χ0n) is 10.7. The van der Waals surface area contributed by atoms with Gasteiger partial charge < -0.3 is 10.5 Å². The van der Waals surface area contributed by atoms with E-state index >= 15 is 0 Å². The standard InChI is InChI=1S/C12H16FN5O/c1-18-12(10(19-2)6-16-18)11(17-15)8-5-7(13)3-4-9(8)14/h3-6,11,17H,14-15H2,1-2H3. The molecule has 0 spiro atoms. The van der Waals surface area contributed by atoms with E-state index in [9.17, 15) is 4.39 Å². The number of rotatable bonds is 4. The van der Waals surface area contributed by atoms with Crippen LogP contribution in [-0.4, -0.2) is 16.9 Å². The van der Waals surface area contributed by atoms with Gasteiger partial charge in [0.15, 0.2) is 5.75 Å². The molecular formula is C12H16FN5O. The largest absolute Gasteiger partial charge is 0.493 e. The number of nitrogens with two attached hydrogens (primary N) is 2. The number of hydrogen-bond acceptors (Lipinski definition) is 5. The third-order valence-corrected chi connectivity index (χ3v) is 2.97. The fourth-order valence-electron chi connectivity index (χ4n) is 2.02.